The Morgan fingerprint density at radius 2 is 1.71 bits per heavy atom. The molecule has 0 unspecified atom stereocenters. The van der Waals surface area contributed by atoms with Gasteiger partial charge in [-0.3, -0.25) is 14.6 Å². The summed E-state index contributed by atoms with van der Waals surface area (Å²) in [6, 6.07) is 5.96. The summed E-state index contributed by atoms with van der Waals surface area (Å²) in [6.45, 7) is 0.271. The molecule has 1 aliphatic rings. The smallest absolute Gasteiger partial charge is 0.461 e. The number of pyridine rings is 1. The highest BCUT2D eigenvalue weighted by Gasteiger charge is 2.45. The van der Waals surface area contributed by atoms with Crippen molar-refractivity contribution in [2.24, 2.45) is 0 Å². The molecule has 0 aliphatic heterocycles. The number of hydrogen-bond donors (Lipinski definition) is 1. The zero-order valence-electron chi connectivity index (χ0n) is 27.1. The predicted octanol–water partition coefficient (Wildman–Crippen LogP) is 9.30. The van der Waals surface area contributed by atoms with Gasteiger partial charge in [-0.25, -0.2) is 8.78 Å². The topological polar surface area (TPSA) is 86.8 Å². The third-order valence-corrected chi connectivity index (χ3v) is 8.10. The van der Waals surface area contributed by atoms with Crippen LogP contribution in [0.1, 0.15) is 65.7 Å². The van der Waals surface area contributed by atoms with Crippen LogP contribution in [0.5, 0.6) is 5.75 Å². The van der Waals surface area contributed by atoms with Gasteiger partial charge in [0.25, 0.3) is 5.91 Å². The van der Waals surface area contributed by atoms with Gasteiger partial charge in [0.1, 0.15) is 22.9 Å². The molecule has 1 aliphatic carbocycles. The van der Waals surface area contributed by atoms with Gasteiger partial charge in [-0.1, -0.05) is 23.3 Å². The van der Waals surface area contributed by atoms with E-state index in [-0.39, 0.29) is 54.2 Å². The maximum absolute atomic E-state index is 15.2. The van der Waals surface area contributed by atoms with E-state index in [9.17, 15) is 44.7 Å². The molecule has 1 amide bonds. The van der Waals surface area contributed by atoms with Crippen LogP contribution >= 0.6 is 11.6 Å². The average Bonchev–Trinajstić information content (AvgIpc) is 3.07. The lowest BCUT2D eigenvalue weighted by Gasteiger charge is -2.37. The molecular weight excluding hydrogens is 735 g/mol. The van der Waals surface area contributed by atoms with Crippen molar-refractivity contribution in [2.45, 2.75) is 62.8 Å². The van der Waals surface area contributed by atoms with Crippen LogP contribution in [0.2, 0.25) is 5.02 Å². The van der Waals surface area contributed by atoms with Crippen molar-refractivity contribution in [2.75, 3.05) is 13.7 Å². The summed E-state index contributed by atoms with van der Waals surface area (Å²) in [5.41, 5.74) is -4.58. The largest absolute Gasteiger partial charge is 0.498 e. The van der Waals surface area contributed by atoms with Crippen molar-refractivity contribution >= 4 is 23.5 Å². The molecule has 0 bridgehead atoms. The number of carbonyl (C=O) groups excluding carboxylic acids is 2. The highest BCUT2D eigenvalue weighted by Crippen LogP contribution is 2.41. The van der Waals surface area contributed by atoms with Crippen molar-refractivity contribution in [3.8, 4) is 5.75 Å². The lowest BCUT2D eigenvalue weighted by atomic mass is 9.78. The van der Waals surface area contributed by atoms with E-state index in [0.29, 0.717) is 42.7 Å². The maximum Gasteiger partial charge on any atom is 0.461 e. The number of carbonyl (C=O) groups is 2. The minimum absolute atomic E-state index is 0.0883. The van der Waals surface area contributed by atoms with Crippen LogP contribution in [0.4, 0.5) is 39.5 Å². The molecule has 3 aromatic rings. The number of halogens is 10. The zero-order valence-corrected chi connectivity index (χ0v) is 27.9. The molecule has 0 spiro atoms. The maximum atomic E-state index is 15.2. The Morgan fingerprint density at radius 1 is 0.962 bits per heavy atom. The van der Waals surface area contributed by atoms with Gasteiger partial charge in [-0.2, -0.15) is 30.7 Å². The first-order chi connectivity index (χ1) is 24.4. The Hall–Kier alpha value is -4.73. The van der Waals surface area contributed by atoms with Crippen LogP contribution in [0.25, 0.3) is 0 Å². The second kappa shape index (κ2) is 16.7. The van der Waals surface area contributed by atoms with Crippen LogP contribution < -0.4 is 10.1 Å². The number of benzene rings is 2. The lowest BCUT2D eigenvalue weighted by molar-refractivity contribution is -0.253. The summed E-state index contributed by atoms with van der Waals surface area (Å²) in [5, 5.41) is 2.62. The first-order valence-corrected chi connectivity index (χ1v) is 15.9. The summed E-state index contributed by atoms with van der Waals surface area (Å²) in [6.07, 6.45) is -8.81. The summed E-state index contributed by atoms with van der Waals surface area (Å²) in [5.74, 6) is -5.09. The van der Waals surface area contributed by atoms with E-state index >= 15 is 4.39 Å². The van der Waals surface area contributed by atoms with Crippen molar-refractivity contribution in [3.05, 3.63) is 117 Å². The first-order valence-electron chi connectivity index (χ1n) is 15.5. The number of esters is 1. The van der Waals surface area contributed by atoms with Gasteiger partial charge in [-0.05, 0) is 73.4 Å². The molecule has 1 atom stereocenters. The van der Waals surface area contributed by atoms with Crippen LogP contribution in [0.15, 0.2) is 78.2 Å². The predicted molar refractivity (Wildman–Crippen MR) is 169 cm³/mol. The third kappa shape index (κ3) is 10.2. The van der Waals surface area contributed by atoms with E-state index < -0.39 is 58.7 Å². The Morgan fingerprint density at radius 3 is 2.33 bits per heavy atom. The number of amides is 1. The number of aromatic nitrogens is 1. The number of methoxy groups -OCH3 is 1. The highest BCUT2D eigenvalue weighted by molar-refractivity contribution is 6.30. The fourth-order valence-corrected chi connectivity index (χ4v) is 5.43. The normalized spacial score (nSPS) is 14.6. The SMILES string of the molecule is COC(=O)CCCCOC1=CC=C(C[C@](NC(=O)c2ccc(F)c(C(F)(F)F)c2)(c2cc(F)cc(OC(F)(F)C(F)F)c2)c2ccc(Cl)cn2)CC1. The van der Waals surface area contributed by atoms with Crippen molar-refractivity contribution in [1.82, 2.24) is 10.3 Å². The van der Waals surface area contributed by atoms with Crippen molar-refractivity contribution in [1.29, 1.82) is 0 Å². The van der Waals surface area contributed by atoms with Gasteiger partial charge in [0.2, 0.25) is 0 Å². The summed E-state index contributed by atoms with van der Waals surface area (Å²) < 4.78 is 139. The molecule has 4 rings (SSSR count). The molecule has 52 heavy (non-hydrogen) atoms. The summed E-state index contributed by atoms with van der Waals surface area (Å²) in [4.78, 5) is 29.4. The van der Waals surface area contributed by atoms with Crippen LogP contribution in [0, 0.1) is 11.6 Å². The zero-order chi connectivity index (χ0) is 38.3. The van der Waals surface area contributed by atoms with E-state index in [1.165, 1.54) is 19.2 Å². The Balaban J connectivity index is 1.81. The summed E-state index contributed by atoms with van der Waals surface area (Å²) in [7, 11) is 1.28. The van der Waals surface area contributed by atoms with Crippen LogP contribution in [-0.2, 0) is 26.0 Å². The van der Waals surface area contributed by atoms with Crippen LogP contribution in [-0.4, -0.2) is 43.1 Å². The van der Waals surface area contributed by atoms with Crippen molar-refractivity contribution < 1.29 is 63.3 Å². The van der Waals surface area contributed by atoms with E-state index in [2.05, 4.69) is 19.8 Å². The molecule has 1 aromatic heterocycles. The molecule has 280 valence electrons. The molecule has 2 aromatic carbocycles. The number of rotatable bonds is 15. The molecule has 1 heterocycles. The van der Waals surface area contributed by atoms with Gasteiger partial charge in [0.15, 0.2) is 0 Å². The number of alkyl halides is 7. The summed E-state index contributed by atoms with van der Waals surface area (Å²) >= 11 is 6.05. The molecule has 1 N–H and O–H groups in total. The highest BCUT2D eigenvalue weighted by atomic mass is 35.5. The Bertz CT molecular complexity index is 1820. The number of hydrogen-bond acceptors (Lipinski definition) is 6. The lowest BCUT2D eigenvalue weighted by Crippen LogP contribution is -2.48. The minimum atomic E-state index is -5.19. The van der Waals surface area contributed by atoms with Gasteiger partial charge in [0, 0.05) is 37.1 Å². The molecule has 0 radical (unpaired) electrons. The first kappa shape index (κ1) is 40.0. The fraction of sp³-hybridized carbons (Fsp3) is 0.343. The average molecular weight is 765 g/mol. The van der Waals surface area contributed by atoms with Gasteiger partial charge < -0.3 is 19.5 Å². The number of allylic oxidation sites excluding steroid dienone is 3. The molecule has 7 nitrogen and oxygen atoms in total. The molecule has 17 heteroatoms. The van der Waals surface area contributed by atoms with Gasteiger partial charge in [-0.15, -0.1) is 0 Å². The Kier molecular flexibility index (Phi) is 12.9. The van der Waals surface area contributed by atoms with Gasteiger partial charge in [0.05, 0.1) is 35.8 Å². The van der Waals surface area contributed by atoms with Crippen LogP contribution in [0.3, 0.4) is 0 Å². The second-order valence-corrected chi connectivity index (χ2v) is 12.0. The monoisotopic (exact) mass is 764 g/mol. The van der Waals surface area contributed by atoms with E-state index in [0.717, 1.165) is 24.4 Å². The number of unbranched alkanes of at least 4 members (excludes halogenated alkanes) is 1. The van der Waals surface area contributed by atoms with E-state index in [1.54, 1.807) is 12.2 Å². The van der Waals surface area contributed by atoms with Crippen molar-refractivity contribution in [3.63, 3.8) is 0 Å². The molecule has 0 saturated carbocycles. The number of nitrogens with zero attached hydrogens (tertiary/aromatic N) is 1. The van der Waals surface area contributed by atoms with E-state index in [4.69, 9.17) is 16.3 Å². The molecule has 0 fully saturated rings. The molecule has 0 saturated heterocycles. The van der Waals surface area contributed by atoms with Gasteiger partial charge >= 0.3 is 24.7 Å². The molecular formula is C35H30ClF9N2O5. The third-order valence-electron chi connectivity index (χ3n) is 7.88. The second-order valence-electron chi connectivity index (χ2n) is 11.6. The standard InChI is InChI=1S/C35H30ClF9N2O5/c1-50-30(48)4-2-3-13-51-25-9-5-20(6-10-25)18-33(29-12-8-23(36)19-46-29,22-15-24(37)17-26(16-22)52-35(44,45)32(39)40)47-31(49)21-7-11-28(38)27(14-21)34(41,42)43/h5,7-9,11-12,14-17,19,32H,2-4,6,10,13,18H2,1H3,(H,47,49)/t33-/m0/s1. The number of nitrogens with one attached hydrogen (secondary N) is 1. The fourth-order valence-electron chi connectivity index (χ4n) is 5.31. The quantitative estimate of drug-likeness (QED) is 0.0944. The minimum Gasteiger partial charge on any atom is -0.498 e. The number of ether oxygens (including phenoxy) is 3. The Labute approximate surface area is 296 Å². The van der Waals surface area contributed by atoms with E-state index in [1.807, 2.05) is 0 Å².